The van der Waals surface area contributed by atoms with E-state index in [0.717, 1.165) is 23.1 Å². The summed E-state index contributed by atoms with van der Waals surface area (Å²) < 4.78 is 4.34. The molecule has 1 amide bonds. The quantitative estimate of drug-likeness (QED) is 0.722. The number of rotatable bonds is 4. The summed E-state index contributed by atoms with van der Waals surface area (Å²) in [5.41, 5.74) is 1.37. The fraction of sp³-hybridized carbons (Fsp3) is 0.571. The van der Waals surface area contributed by atoms with Crippen LogP contribution in [0.25, 0.3) is 15.7 Å². The summed E-state index contributed by atoms with van der Waals surface area (Å²) in [7, 11) is 0. The minimum absolute atomic E-state index is 0.0971. The fourth-order valence-electron chi connectivity index (χ4n) is 4.54. The lowest BCUT2D eigenvalue weighted by Gasteiger charge is -2.35. The van der Waals surface area contributed by atoms with Gasteiger partial charge in [-0.25, -0.2) is 4.68 Å². The molecule has 0 unspecified atom stereocenters. The molecule has 6 nitrogen and oxygen atoms in total. The van der Waals surface area contributed by atoms with E-state index in [0.29, 0.717) is 29.6 Å². The van der Waals surface area contributed by atoms with Gasteiger partial charge < -0.3 is 5.32 Å². The summed E-state index contributed by atoms with van der Waals surface area (Å²) in [6.07, 6.45) is 3.88. The van der Waals surface area contributed by atoms with Crippen LogP contribution in [0.3, 0.4) is 0 Å². The first-order valence-electron chi connectivity index (χ1n) is 10.2. The lowest BCUT2D eigenvalue weighted by molar-refractivity contribution is -0.126. The Bertz CT molecular complexity index is 1080. The van der Waals surface area contributed by atoms with Crippen LogP contribution in [0.15, 0.2) is 22.3 Å². The Morgan fingerprint density at radius 2 is 2.14 bits per heavy atom. The first-order chi connectivity index (χ1) is 13.4. The van der Waals surface area contributed by atoms with Gasteiger partial charge in [0, 0.05) is 6.04 Å². The molecule has 0 aliphatic heterocycles. The van der Waals surface area contributed by atoms with Crippen LogP contribution in [0.4, 0.5) is 0 Å². The Labute approximate surface area is 168 Å². The van der Waals surface area contributed by atoms with Crippen molar-refractivity contribution in [2.75, 3.05) is 0 Å². The van der Waals surface area contributed by atoms with Crippen molar-refractivity contribution in [3.8, 4) is 0 Å². The van der Waals surface area contributed by atoms with E-state index in [1.807, 2.05) is 35.8 Å². The summed E-state index contributed by atoms with van der Waals surface area (Å²) in [6, 6.07) is 3.49. The van der Waals surface area contributed by atoms with E-state index in [-0.39, 0.29) is 17.5 Å². The van der Waals surface area contributed by atoms with Gasteiger partial charge in [0.25, 0.3) is 5.56 Å². The maximum atomic E-state index is 13.2. The standard InChI is InChI=1S/C21H28N4O2S/c1-5-16(20(26)22-15-8-6-7-12(2)13(15)3)25-21(27)18-11-19-17(9-10-28-19)24(18)14(4)23-25/h9-13,15-16H,5-8H2,1-4H3,(H,22,26)/t12-,13-,15+,16+/m0/s1. The van der Waals surface area contributed by atoms with Crippen LogP contribution in [0.2, 0.25) is 0 Å². The molecule has 1 saturated carbocycles. The molecule has 1 aliphatic carbocycles. The predicted molar refractivity (Wildman–Crippen MR) is 113 cm³/mol. The number of nitrogens with one attached hydrogen (secondary N) is 1. The van der Waals surface area contributed by atoms with Crippen LogP contribution in [0.5, 0.6) is 0 Å². The Morgan fingerprint density at radius 1 is 1.36 bits per heavy atom. The predicted octanol–water partition coefficient (Wildman–Crippen LogP) is 3.91. The molecule has 0 spiro atoms. The van der Waals surface area contributed by atoms with Crippen LogP contribution >= 0.6 is 11.3 Å². The van der Waals surface area contributed by atoms with Crippen molar-refractivity contribution in [3.63, 3.8) is 0 Å². The van der Waals surface area contributed by atoms with E-state index in [2.05, 4.69) is 24.3 Å². The van der Waals surface area contributed by atoms with E-state index in [9.17, 15) is 9.59 Å². The minimum Gasteiger partial charge on any atom is -0.351 e. The van der Waals surface area contributed by atoms with E-state index in [1.165, 1.54) is 11.1 Å². The Hall–Kier alpha value is -2.15. The molecule has 4 atom stereocenters. The van der Waals surface area contributed by atoms with Gasteiger partial charge >= 0.3 is 0 Å². The normalized spacial score (nSPS) is 23.9. The lowest BCUT2D eigenvalue weighted by Crippen LogP contribution is -2.48. The average Bonchev–Trinajstić information content (AvgIpc) is 3.25. The van der Waals surface area contributed by atoms with Crippen LogP contribution in [0, 0.1) is 18.8 Å². The third-order valence-electron chi connectivity index (χ3n) is 6.45. The number of aryl methyl sites for hydroxylation is 1. The summed E-state index contributed by atoms with van der Waals surface area (Å²) in [6.45, 7) is 8.28. The minimum atomic E-state index is -0.589. The van der Waals surface area contributed by atoms with Gasteiger partial charge in [0.1, 0.15) is 17.4 Å². The lowest BCUT2D eigenvalue weighted by atomic mass is 9.78. The van der Waals surface area contributed by atoms with Gasteiger partial charge in [-0.2, -0.15) is 5.10 Å². The topological polar surface area (TPSA) is 68.4 Å². The maximum absolute atomic E-state index is 13.2. The molecular formula is C21H28N4O2S. The second kappa shape index (κ2) is 7.35. The van der Waals surface area contributed by atoms with Crippen molar-refractivity contribution in [2.45, 2.75) is 65.5 Å². The summed E-state index contributed by atoms with van der Waals surface area (Å²) >= 11 is 1.60. The Balaban J connectivity index is 1.69. The molecule has 28 heavy (non-hydrogen) atoms. The van der Waals surface area contributed by atoms with Gasteiger partial charge in [-0.3, -0.25) is 14.0 Å². The number of fused-ring (bicyclic) bond motifs is 3. The van der Waals surface area contributed by atoms with Gasteiger partial charge in [0.05, 0.1) is 10.2 Å². The first-order valence-corrected chi connectivity index (χ1v) is 11.1. The second-order valence-corrected chi connectivity index (χ2v) is 9.09. The summed E-state index contributed by atoms with van der Waals surface area (Å²) in [5, 5.41) is 9.77. The highest BCUT2D eigenvalue weighted by Crippen LogP contribution is 2.30. The zero-order chi connectivity index (χ0) is 20.0. The molecule has 3 aromatic heterocycles. The van der Waals surface area contributed by atoms with E-state index < -0.39 is 6.04 Å². The molecular weight excluding hydrogens is 372 g/mol. The van der Waals surface area contributed by atoms with Crippen LogP contribution < -0.4 is 10.9 Å². The Kier molecular flexibility index (Phi) is 5.04. The zero-order valence-electron chi connectivity index (χ0n) is 16.9. The number of thiophene rings is 1. The highest BCUT2D eigenvalue weighted by Gasteiger charge is 2.31. The SMILES string of the molecule is CC[C@H](C(=O)N[C@@H]1CCC[C@H](C)[C@@H]1C)n1nc(C)n2c(cc3sccc32)c1=O. The molecule has 0 saturated heterocycles. The molecule has 3 heterocycles. The third kappa shape index (κ3) is 3.05. The molecule has 150 valence electrons. The smallest absolute Gasteiger partial charge is 0.291 e. The maximum Gasteiger partial charge on any atom is 0.291 e. The third-order valence-corrected chi connectivity index (χ3v) is 7.30. The van der Waals surface area contributed by atoms with Crippen molar-refractivity contribution in [2.24, 2.45) is 11.8 Å². The molecule has 1 N–H and O–H groups in total. The van der Waals surface area contributed by atoms with E-state index in [1.54, 1.807) is 11.3 Å². The van der Waals surface area contributed by atoms with Gasteiger partial charge in [-0.05, 0) is 49.1 Å². The molecule has 0 bridgehead atoms. The fourth-order valence-corrected chi connectivity index (χ4v) is 5.34. The van der Waals surface area contributed by atoms with E-state index in [4.69, 9.17) is 0 Å². The number of carbonyl (C=O) groups is 1. The van der Waals surface area contributed by atoms with Crippen molar-refractivity contribution < 1.29 is 4.79 Å². The molecule has 1 fully saturated rings. The number of amides is 1. The van der Waals surface area contributed by atoms with Crippen LogP contribution in [-0.2, 0) is 4.79 Å². The van der Waals surface area contributed by atoms with Crippen molar-refractivity contribution in [1.29, 1.82) is 0 Å². The monoisotopic (exact) mass is 400 g/mol. The number of carbonyl (C=O) groups excluding carboxylic acids is 1. The molecule has 3 aromatic rings. The zero-order valence-corrected chi connectivity index (χ0v) is 17.8. The number of hydrogen-bond donors (Lipinski definition) is 1. The van der Waals surface area contributed by atoms with Gasteiger partial charge in [-0.15, -0.1) is 11.3 Å². The molecule has 7 heteroatoms. The van der Waals surface area contributed by atoms with Crippen LogP contribution in [-0.4, -0.2) is 26.1 Å². The largest absolute Gasteiger partial charge is 0.351 e. The van der Waals surface area contributed by atoms with Crippen molar-refractivity contribution in [1.82, 2.24) is 19.5 Å². The van der Waals surface area contributed by atoms with Gasteiger partial charge in [-0.1, -0.05) is 33.6 Å². The Morgan fingerprint density at radius 3 is 2.89 bits per heavy atom. The number of nitrogens with zero attached hydrogens (tertiary/aromatic N) is 3. The number of hydrogen-bond acceptors (Lipinski definition) is 4. The molecule has 0 radical (unpaired) electrons. The van der Waals surface area contributed by atoms with Crippen molar-refractivity contribution in [3.05, 3.63) is 33.7 Å². The number of aromatic nitrogens is 3. The average molecular weight is 401 g/mol. The van der Waals surface area contributed by atoms with E-state index >= 15 is 0 Å². The molecule has 4 rings (SSSR count). The van der Waals surface area contributed by atoms with Gasteiger partial charge in [0.2, 0.25) is 5.91 Å². The van der Waals surface area contributed by atoms with Gasteiger partial charge in [0.15, 0.2) is 0 Å². The molecule has 1 aliphatic rings. The highest BCUT2D eigenvalue weighted by atomic mass is 32.1. The first kappa shape index (κ1) is 19.2. The second-order valence-electron chi connectivity index (χ2n) is 8.14. The van der Waals surface area contributed by atoms with Crippen molar-refractivity contribution >= 4 is 33.0 Å². The summed E-state index contributed by atoms with van der Waals surface area (Å²) in [5.74, 6) is 1.67. The van der Waals surface area contributed by atoms with Crippen LogP contribution in [0.1, 0.15) is 58.3 Å². The molecule has 0 aromatic carbocycles. The summed E-state index contributed by atoms with van der Waals surface area (Å²) in [4.78, 5) is 26.3. The highest BCUT2D eigenvalue weighted by molar-refractivity contribution is 7.17.